The lowest BCUT2D eigenvalue weighted by Gasteiger charge is -1.92. The first kappa shape index (κ1) is 6.08. The van der Waals surface area contributed by atoms with Gasteiger partial charge in [-0.1, -0.05) is 0 Å². The van der Waals surface area contributed by atoms with E-state index in [2.05, 4.69) is 11.9 Å². The van der Waals surface area contributed by atoms with Gasteiger partial charge in [0.2, 0.25) is 0 Å². The third-order valence-electron chi connectivity index (χ3n) is 1.07. The molecule has 0 saturated carbocycles. The Bertz CT molecular complexity index is 181. The Morgan fingerprint density at radius 2 is 2.33 bits per heavy atom. The minimum absolute atomic E-state index is 0.201. The summed E-state index contributed by atoms with van der Waals surface area (Å²) in [6, 6.07) is 3.36. The summed E-state index contributed by atoms with van der Waals surface area (Å²) in [6.45, 7) is 3.64. The van der Waals surface area contributed by atoms with Crippen molar-refractivity contribution < 1.29 is 5.11 Å². The Kier molecular flexibility index (Phi) is 1.68. The fraction of sp³-hybridized carbons (Fsp3) is 0.143. The molecule has 0 bridgehead atoms. The van der Waals surface area contributed by atoms with E-state index in [0.29, 0.717) is 6.42 Å². The summed E-state index contributed by atoms with van der Waals surface area (Å²) in [5.74, 6) is 0.201. The van der Waals surface area contributed by atoms with Crippen LogP contribution in [-0.4, -0.2) is 10.1 Å². The zero-order valence-electron chi connectivity index (χ0n) is 5.04. The van der Waals surface area contributed by atoms with Gasteiger partial charge in [0, 0.05) is 5.69 Å². The van der Waals surface area contributed by atoms with Crippen molar-refractivity contribution in [3.8, 4) is 5.75 Å². The first-order valence-electron chi connectivity index (χ1n) is 2.76. The molecule has 1 N–H and O–H groups in total. The van der Waals surface area contributed by atoms with Crippen molar-refractivity contribution in [2.75, 3.05) is 0 Å². The zero-order chi connectivity index (χ0) is 6.69. The van der Waals surface area contributed by atoms with Gasteiger partial charge in [-0.2, -0.15) is 0 Å². The van der Waals surface area contributed by atoms with Gasteiger partial charge in [0.1, 0.15) is 5.75 Å². The molecule has 1 aromatic heterocycles. The second kappa shape index (κ2) is 2.49. The highest BCUT2D eigenvalue weighted by Gasteiger charge is 1.88. The second-order valence-electron chi connectivity index (χ2n) is 1.76. The molecule has 0 aromatic carbocycles. The van der Waals surface area contributed by atoms with Crippen LogP contribution in [0.1, 0.15) is 5.69 Å². The SMILES string of the molecule is [CH2]Cc1ccc(O)cn1. The average molecular weight is 122 g/mol. The lowest BCUT2D eigenvalue weighted by molar-refractivity contribution is 0.472. The van der Waals surface area contributed by atoms with Gasteiger partial charge in [-0.25, -0.2) is 0 Å². The van der Waals surface area contributed by atoms with Crippen molar-refractivity contribution in [1.82, 2.24) is 4.98 Å². The number of pyridine rings is 1. The molecule has 0 aliphatic carbocycles. The monoisotopic (exact) mass is 122 g/mol. The Labute approximate surface area is 54.2 Å². The van der Waals surface area contributed by atoms with Gasteiger partial charge < -0.3 is 5.11 Å². The molecule has 0 unspecified atom stereocenters. The zero-order valence-corrected chi connectivity index (χ0v) is 5.04. The molecule has 9 heavy (non-hydrogen) atoms. The first-order valence-corrected chi connectivity index (χ1v) is 2.76. The highest BCUT2D eigenvalue weighted by atomic mass is 16.3. The minimum Gasteiger partial charge on any atom is -0.506 e. The number of hydrogen-bond acceptors (Lipinski definition) is 2. The highest BCUT2D eigenvalue weighted by molar-refractivity contribution is 5.17. The molecule has 1 radical (unpaired) electrons. The van der Waals surface area contributed by atoms with Crippen molar-refractivity contribution >= 4 is 0 Å². The van der Waals surface area contributed by atoms with Gasteiger partial charge in [-0.05, 0) is 25.5 Å². The van der Waals surface area contributed by atoms with E-state index in [1.807, 2.05) is 0 Å². The molecule has 1 aromatic rings. The van der Waals surface area contributed by atoms with Gasteiger partial charge in [0.05, 0.1) is 6.20 Å². The maximum absolute atomic E-state index is 8.77. The van der Waals surface area contributed by atoms with Crippen LogP contribution < -0.4 is 0 Å². The first-order chi connectivity index (χ1) is 4.33. The molecular formula is C7H8NO. The second-order valence-corrected chi connectivity index (χ2v) is 1.76. The summed E-state index contributed by atoms with van der Waals surface area (Å²) in [7, 11) is 0. The summed E-state index contributed by atoms with van der Waals surface area (Å²) >= 11 is 0. The summed E-state index contributed by atoms with van der Waals surface area (Å²) in [5.41, 5.74) is 0.896. The molecule has 2 nitrogen and oxygen atoms in total. The van der Waals surface area contributed by atoms with E-state index in [4.69, 9.17) is 5.11 Å². The largest absolute Gasteiger partial charge is 0.506 e. The molecule has 0 fully saturated rings. The van der Waals surface area contributed by atoms with E-state index in [1.165, 1.54) is 6.20 Å². The highest BCUT2D eigenvalue weighted by Crippen LogP contribution is 2.05. The average Bonchev–Trinajstić information content (AvgIpc) is 1.90. The molecule has 1 rings (SSSR count). The number of aromatic hydroxyl groups is 1. The third-order valence-corrected chi connectivity index (χ3v) is 1.07. The maximum Gasteiger partial charge on any atom is 0.133 e. The Balaban J connectivity index is 2.88. The normalized spacial score (nSPS) is 9.44. The molecule has 0 atom stereocenters. The van der Waals surface area contributed by atoms with Gasteiger partial charge in [0.15, 0.2) is 0 Å². The van der Waals surface area contributed by atoms with E-state index < -0.39 is 0 Å². The Hall–Kier alpha value is -1.05. The smallest absolute Gasteiger partial charge is 0.133 e. The van der Waals surface area contributed by atoms with Crippen LogP contribution in [0.2, 0.25) is 0 Å². The van der Waals surface area contributed by atoms with Crippen molar-refractivity contribution in [1.29, 1.82) is 0 Å². The van der Waals surface area contributed by atoms with Crippen molar-refractivity contribution in [3.63, 3.8) is 0 Å². The van der Waals surface area contributed by atoms with Crippen LogP contribution in [0.25, 0.3) is 0 Å². The van der Waals surface area contributed by atoms with Crippen LogP contribution in [0.15, 0.2) is 18.3 Å². The topological polar surface area (TPSA) is 33.1 Å². The Morgan fingerprint density at radius 1 is 1.56 bits per heavy atom. The number of hydrogen-bond donors (Lipinski definition) is 1. The van der Waals surface area contributed by atoms with Crippen molar-refractivity contribution in [3.05, 3.63) is 30.9 Å². The summed E-state index contributed by atoms with van der Waals surface area (Å²) in [5, 5.41) is 8.77. The summed E-state index contributed by atoms with van der Waals surface area (Å²) in [6.07, 6.45) is 2.08. The molecule has 0 spiro atoms. The van der Waals surface area contributed by atoms with Crippen molar-refractivity contribution in [2.45, 2.75) is 6.42 Å². The van der Waals surface area contributed by atoms with Gasteiger partial charge in [-0.3, -0.25) is 4.98 Å². The van der Waals surface area contributed by atoms with Gasteiger partial charge in [0.25, 0.3) is 0 Å². The maximum atomic E-state index is 8.77. The molecular weight excluding hydrogens is 114 g/mol. The molecule has 47 valence electrons. The van der Waals surface area contributed by atoms with Crippen LogP contribution in [0, 0.1) is 6.92 Å². The molecule has 2 heteroatoms. The van der Waals surface area contributed by atoms with Crippen LogP contribution in [-0.2, 0) is 6.42 Å². The number of nitrogens with zero attached hydrogens (tertiary/aromatic N) is 1. The summed E-state index contributed by atoms with van der Waals surface area (Å²) in [4.78, 5) is 3.88. The molecule has 0 amide bonds. The quantitative estimate of drug-likeness (QED) is 0.606. The summed E-state index contributed by atoms with van der Waals surface area (Å²) < 4.78 is 0. The van der Waals surface area contributed by atoms with Crippen LogP contribution in [0.4, 0.5) is 0 Å². The van der Waals surface area contributed by atoms with Crippen molar-refractivity contribution in [2.24, 2.45) is 0 Å². The fourth-order valence-corrected chi connectivity index (χ4v) is 0.565. The lowest BCUT2D eigenvalue weighted by atomic mass is 10.3. The Morgan fingerprint density at radius 3 is 2.78 bits per heavy atom. The van der Waals surface area contributed by atoms with Crippen LogP contribution in [0.3, 0.4) is 0 Å². The van der Waals surface area contributed by atoms with Crippen LogP contribution >= 0.6 is 0 Å². The molecule has 1 heterocycles. The lowest BCUT2D eigenvalue weighted by Crippen LogP contribution is -1.82. The van der Waals surface area contributed by atoms with E-state index in [0.717, 1.165) is 5.69 Å². The predicted molar refractivity (Wildman–Crippen MR) is 35.0 cm³/mol. The predicted octanol–water partition coefficient (Wildman–Crippen LogP) is 1.16. The van der Waals surface area contributed by atoms with E-state index in [1.54, 1.807) is 12.1 Å². The van der Waals surface area contributed by atoms with E-state index in [9.17, 15) is 0 Å². The van der Waals surface area contributed by atoms with Crippen LogP contribution in [0.5, 0.6) is 5.75 Å². The number of rotatable bonds is 1. The minimum atomic E-state index is 0.201. The molecule has 0 aliphatic heterocycles. The third kappa shape index (κ3) is 1.42. The standard InChI is InChI=1S/C7H8NO/c1-2-6-3-4-7(9)5-8-6/h3-5,9H,1-2H2. The number of aromatic nitrogens is 1. The molecule has 0 saturated heterocycles. The molecule has 0 aliphatic rings. The van der Waals surface area contributed by atoms with Gasteiger partial charge >= 0.3 is 0 Å². The van der Waals surface area contributed by atoms with E-state index >= 15 is 0 Å². The fourth-order valence-electron chi connectivity index (χ4n) is 0.565. The van der Waals surface area contributed by atoms with Gasteiger partial charge in [-0.15, -0.1) is 0 Å². The van der Waals surface area contributed by atoms with E-state index in [-0.39, 0.29) is 5.75 Å².